The van der Waals surface area contributed by atoms with Crippen LogP contribution < -0.4 is 11.1 Å². The van der Waals surface area contributed by atoms with Crippen LogP contribution in [0.1, 0.15) is 11.1 Å². The van der Waals surface area contributed by atoms with Gasteiger partial charge in [0.15, 0.2) is 0 Å². The number of rotatable bonds is 1. The fraction of sp³-hybridized carbons (Fsp3) is 0.167. The monoisotopic (exact) mass is 240 g/mol. The third-order valence-corrected chi connectivity index (χ3v) is 2.57. The van der Waals surface area contributed by atoms with Crippen LogP contribution in [0.3, 0.4) is 0 Å². The van der Waals surface area contributed by atoms with E-state index in [2.05, 4.69) is 5.32 Å². The number of dihydropyridines is 1. The minimum atomic E-state index is -4.37. The second kappa shape index (κ2) is 4.16. The van der Waals surface area contributed by atoms with Crippen molar-refractivity contribution in [2.75, 3.05) is 6.54 Å². The van der Waals surface area contributed by atoms with Gasteiger partial charge in [0.1, 0.15) is 0 Å². The fourth-order valence-corrected chi connectivity index (χ4v) is 1.76. The van der Waals surface area contributed by atoms with Gasteiger partial charge in [0.2, 0.25) is 0 Å². The summed E-state index contributed by atoms with van der Waals surface area (Å²) in [7, 11) is 0. The molecule has 0 amide bonds. The molecule has 1 aliphatic heterocycles. The van der Waals surface area contributed by atoms with Crippen molar-refractivity contribution in [3.63, 3.8) is 0 Å². The summed E-state index contributed by atoms with van der Waals surface area (Å²) in [5.74, 6) is 0. The van der Waals surface area contributed by atoms with E-state index in [9.17, 15) is 13.2 Å². The Morgan fingerprint density at radius 2 is 1.88 bits per heavy atom. The van der Waals surface area contributed by atoms with Crippen LogP contribution in [0.15, 0.2) is 42.2 Å². The molecule has 0 saturated carbocycles. The molecule has 0 aromatic heterocycles. The Morgan fingerprint density at radius 3 is 2.53 bits per heavy atom. The van der Waals surface area contributed by atoms with Crippen LogP contribution in [-0.2, 0) is 6.18 Å². The zero-order valence-corrected chi connectivity index (χ0v) is 8.88. The third-order valence-electron chi connectivity index (χ3n) is 2.57. The predicted molar refractivity (Wildman–Crippen MR) is 59.7 cm³/mol. The lowest BCUT2D eigenvalue weighted by Crippen LogP contribution is -2.20. The Morgan fingerprint density at radius 1 is 1.18 bits per heavy atom. The third kappa shape index (κ3) is 2.27. The second-order valence-electron chi connectivity index (χ2n) is 3.69. The summed E-state index contributed by atoms with van der Waals surface area (Å²) >= 11 is 0. The Kier molecular flexibility index (Phi) is 2.83. The van der Waals surface area contributed by atoms with E-state index in [-0.39, 0.29) is 5.56 Å². The molecule has 5 heteroatoms. The zero-order chi connectivity index (χ0) is 12.5. The molecule has 0 spiro atoms. The van der Waals surface area contributed by atoms with Crippen LogP contribution in [-0.4, -0.2) is 6.54 Å². The smallest absolute Gasteiger partial charge is 0.398 e. The van der Waals surface area contributed by atoms with Gasteiger partial charge in [-0.2, -0.15) is 13.2 Å². The van der Waals surface area contributed by atoms with Crippen molar-refractivity contribution in [3.8, 4) is 0 Å². The molecule has 1 aliphatic rings. The number of benzene rings is 1. The summed E-state index contributed by atoms with van der Waals surface area (Å²) in [5, 5.41) is 2.86. The molecule has 2 rings (SSSR count). The molecule has 1 heterocycles. The molecule has 3 N–H and O–H groups in total. The Labute approximate surface area is 96.6 Å². The van der Waals surface area contributed by atoms with Gasteiger partial charge >= 0.3 is 6.18 Å². The summed E-state index contributed by atoms with van der Waals surface area (Å²) in [4.78, 5) is 0. The van der Waals surface area contributed by atoms with Crippen molar-refractivity contribution < 1.29 is 13.2 Å². The van der Waals surface area contributed by atoms with Gasteiger partial charge in [-0.25, -0.2) is 0 Å². The van der Waals surface area contributed by atoms with Gasteiger partial charge in [-0.05, 0) is 23.9 Å². The fourth-order valence-electron chi connectivity index (χ4n) is 1.76. The molecule has 0 atom stereocenters. The van der Waals surface area contributed by atoms with Gasteiger partial charge in [-0.15, -0.1) is 0 Å². The minimum absolute atomic E-state index is 0.134. The molecular weight excluding hydrogens is 229 g/mol. The SMILES string of the molecule is NC1=C(c2ccccc2C(F)(F)F)CNC=C1. The Hall–Kier alpha value is -1.91. The normalized spacial score (nSPS) is 15.9. The standard InChI is InChI=1S/C12H11F3N2/c13-12(14,15)10-4-2-1-3-8(10)9-7-17-6-5-11(9)16/h1-6,17H,7,16H2. The average Bonchev–Trinajstić information content (AvgIpc) is 2.28. The molecule has 0 aliphatic carbocycles. The van der Waals surface area contributed by atoms with Gasteiger partial charge in [0, 0.05) is 17.8 Å². The van der Waals surface area contributed by atoms with Crippen LogP contribution in [0.2, 0.25) is 0 Å². The van der Waals surface area contributed by atoms with E-state index >= 15 is 0 Å². The van der Waals surface area contributed by atoms with E-state index in [1.165, 1.54) is 12.1 Å². The van der Waals surface area contributed by atoms with Gasteiger partial charge in [-0.3, -0.25) is 0 Å². The summed E-state index contributed by atoms with van der Waals surface area (Å²) < 4.78 is 38.5. The lowest BCUT2D eigenvalue weighted by Gasteiger charge is -2.19. The van der Waals surface area contributed by atoms with Crippen molar-refractivity contribution in [3.05, 3.63) is 53.4 Å². The first-order chi connectivity index (χ1) is 8.00. The minimum Gasteiger partial charge on any atom is -0.398 e. The Bertz CT molecular complexity index is 487. The van der Waals surface area contributed by atoms with Gasteiger partial charge in [0.05, 0.1) is 5.56 Å². The highest BCUT2D eigenvalue weighted by molar-refractivity contribution is 5.75. The highest BCUT2D eigenvalue weighted by Crippen LogP contribution is 2.35. The molecule has 0 fully saturated rings. The van der Waals surface area contributed by atoms with Crippen LogP contribution in [0.25, 0.3) is 5.57 Å². The number of halogens is 3. The summed E-state index contributed by atoms with van der Waals surface area (Å²) in [6.07, 6.45) is -1.19. The molecule has 1 aromatic carbocycles. The van der Waals surface area contributed by atoms with E-state index in [1.807, 2.05) is 0 Å². The predicted octanol–water partition coefficient (Wildman–Crippen LogP) is 2.49. The highest BCUT2D eigenvalue weighted by atomic mass is 19.4. The highest BCUT2D eigenvalue weighted by Gasteiger charge is 2.34. The quantitative estimate of drug-likeness (QED) is 0.791. The largest absolute Gasteiger partial charge is 0.416 e. The zero-order valence-electron chi connectivity index (χ0n) is 8.88. The maximum Gasteiger partial charge on any atom is 0.416 e. The van der Waals surface area contributed by atoms with Crippen molar-refractivity contribution in [2.45, 2.75) is 6.18 Å². The van der Waals surface area contributed by atoms with Crippen LogP contribution in [0, 0.1) is 0 Å². The van der Waals surface area contributed by atoms with E-state index in [0.717, 1.165) is 6.07 Å². The number of hydrogen-bond donors (Lipinski definition) is 2. The number of allylic oxidation sites excluding steroid dienone is 1. The topological polar surface area (TPSA) is 38.0 Å². The first kappa shape index (κ1) is 11.6. The first-order valence-corrected chi connectivity index (χ1v) is 5.05. The van der Waals surface area contributed by atoms with Crippen molar-refractivity contribution in [1.29, 1.82) is 0 Å². The molecule has 0 bridgehead atoms. The van der Waals surface area contributed by atoms with Crippen LogP contribution in [0.4, 0.5) is 13.2 Å². The molecule has 0 unspecified atom stereocenters. The van der Waals surface area contributed by atoms with Crippen molar-refractivity contribution >= 4 is 5.57 Å². The lowest BCUT2D eigenvalue weighted by molar-refractivity contribution is -0.137. The molecule has 1 aromatic rings. The molecule has 17 heavy (non-hydrogen) atoms. The molecule has 0 saturated heterocycles. The summed E-state index contributed by atoms with van der Waals surface area (Å²) in [6, 6.07) is 5.44. The van der Waals surface area contributed by atoms with E-state index in [0.29, 0.717) is 17.8 Å². The molecule has 90 valence electrons. The first-order valence-electron chi connectivity index (χ1n) is 5.05. The maximum absolute atomic E-state index is 12.8. The van der Waals surface area contributed by atoms with Crippen LogP contribution >= 0.6 is 0 Å². The number of hydrogen-bond acceptors (Lipinski definition) is 2. The maximum atomic E-state index is 12.8. The Balaban J connectivity index is 2.56. The van der Waals surface area contributed by atoms with Crippen molar-refractivity contribution in [1.82, 2.24) is 5.32 Å². The summed E-state index contributed by atoms with van der Waals surface area (Å²) in [6.45, 7) is 0.301. The molecule has 2 nitrogen and oxygen atoms in total. The van der Waals surface area contributed by atoms with E-state index in [1.54, 1.807) is 18.3 Å². The van der Waals surface area contributed by atoms with Crippen LogP contribution in [0.5, 0.6) is 0 Å². The number of nitrogens with two attached hydrogens (primary N) is 1. The van der Waals surface area contributed by atoms with Gasteiger partial charge < -0.3 is 11.1 Å². The number of nitrogens with one attached hydrogen (secondary N) is 1. The molecular formula is C12H11F3N2. The summed E-state index contributed by atoms with van der Waals surface area (Å²) in [5.41, 5.74) is 6.02. The van der Waals surface area contributed by atoms with Gasteiger partial charge in [0.25, 0.3) is 0 Å². The lowest BCUT2D eigenvalue weighted by atomic mass is 9.96. The molecule has 0 radical (unpaired) electrons. The second-order valence-corrected chi connectivity index (χ2v) is 3.69. The average molecular weight is 240 g/mol. The van der Waals surface area contributed by atoms with Gasteiger partial charge in [-0.1, -0.05) is 18.2 Å². The van der Waals surface area contributed by atoms with E-state index < -0.39 is 11.7 Å². The number of alkyl halides is 3. The van der Waals surface area contributed by atoms with E-state index in [4.69, 9.17) is 5.73 Å². The van der Waals surface area contributed by atoms with Crippen molar-refractivity contribution in [2.24, 2.45) is 5.73 Å².